The number of rotatable bonds is 5. The van der Waals surface area contributed by atoms with Gasteiger partial charge in [0.25, 0.3) is 0 Å². The molecule has 0 N–H and O–H groups in total. The van der Waals surface area contributed by atoms with Crippen LogP contribution in [-0.2, 0) is 0 Å². The normalized spacial score (nSPS) is 11.6. The second-order valence-corrected chi connectivity index (χ2v) is 11.3. The van der Waals surface area contributed by atoms with E-state index in [1.165, 1.54) is 5.56 Å². The van der Waals surface area contributed by atoms with E-state index in [9.17, 15) is 0 Å². The predicted molar refractivity (Wildman–Crippen MR) is 187 cm³/mol. The summed E-state index contributed by atoms with van der Waals surface area (Å²) in [7, 11) is 0. The SMILES string of the molecule is c1ccc(-c2cccc(N(c3cccc(-c4cccc5c4oc4ccccc45)c3)c3cccc4oc5ccccc5c34)c2)cc1. The van der Waals surface area contributed by atoms with Crippen LogP contribution in [0.5, 0.6) is 0 Å². The summed E-state index contributed by atoms with van der Waals surface area (Å²) >= 11 is 0. The summed E-state index contributed by atoms with van der Waals surface area (Å²) in [5, 5.41) is 4.43. The molecule has 45 heavy (non-hydrogen) atoms. The fourth-order valence-corrected chi connectivity index (χ4v) is 6.61. The zero-order valence-corrected chi connectivity index (χ0v) is 24.4. The lowest BCUT2D eigenvalue weighted by Gasteiger charge is -2.27. The van der Waals surface area contributed by atoms with E-state index in [-0.39, 0.29) is 0 Å². The van der Waals surface area contributed by atoms with Crippen LogP contribution in [0.2, 0.25) is 0 Å². The number of anilines is 3. The van der Waals surface area contributed by atoms with Crippen LogP contribution in [0, 0.1) is 0 Å². The molecule has 7 aromatic carbocycles. The molecule has 9 aromatic rings. The number of fused-ring (bicyclic) bond motifs is 6. The molecule has 2 aromatic heterocycles. The highest BCUT2D eigenvalue weighted by Crippen LogP contribution is 2.45. The largest absolute Gasteiger partial charge is 0.456 e. The van der Waals surface area contributed by atoms with E-state index in [0.29, 0.717) is 0 Å². The van der Waals surface area contributed by atoms with Crippen LogP contribution in [0.4, 0.5) is 17.1 Å². The van der Waals surface area contributed by atoms with Crippen LogP contribution in [0.15, 0.2) is 173 Å². The molecular formula is C42H27NO2. The van der Waals surface area contributed by atoms with Crippen LogP contribution in [0.1, 0.15) is 0 Å². The highest BCUT2D eigenvalue weighted by Gasteiger charge is 2.21. The first-order valence-electron chi connectivity index (χ1n) is 15.2. The van der Waals surface area contributed by atoms with Gasteiger partial charge in [-0.3, -0.25) is 0 Å². The molecule has 0 radical (unpaired) electrons. The Morgan fingerprint density at radius 2 is 0.956 bits per heavy atom. The third-order valence-corrected chi connectivity index (χ3v) is 8.65. The molecular weight excluding hydrogens is 550 g/mol. The Morgan fingerprint density at radius 1 is 0.378 bits per heavy atom. The second kappa shape index (κ2) is 10.3. The van der Waals surface area contributed by atoms with E-state index in [4.69, 9.17) is 8.83 Å². The standard InChI is InChI=1S/C42H27NO2/c1-2-12-28(13-3-1)29-14-8-16-31(26-29)43(37-22-11-25-40-41(37)36-19-5-7-24-39(36)44-40)32-17-9-15-30(27-32)33-20-10-21-35-34-18-4-6-23-38(34)45-42(33)35/h1-27H. The van der Waals surface area contributed by atoms with E-state index < -0.39 is 0 Å². The third kappa shape index (κ3) is 4.21. The maximum absolute atomic E-state index is 6.44. The lowest BCUT2D eigenvalue weighted by molar-refractivity contribution is 0.669. The minimum Gasteiger partial charge on any atom is -0.456 e. The number of para-hydroxylation sites is 3. The molecule has 9 rings (SSSR count). The molecule has 0 fully saturated rings. The maximum Gasteiger partial charge on any atom is 0.143 e. The first kappa shape index (κ1) is 25.4. The molecule has 0 amide bonds. The van der Waals surface area contributed by atoms with Gasteiger partial charge in [0.1, 0.15) is 22.3 Å². The van der Waals surface area contributed by atoms with Gasteiger partial charge in [-0.05, 0) is 65.2 Å². The van der Waals surface area contributed by atoms with Crippen molar-refractivity contribution in [2.45, 2.75) is 0 Å². The average molecular weight is 578 g/mol. The Hall–Kier alpha value is -6.06. The van der Waals surface area contributed by atoms with Gasteiger partial charge in [-0.25, -0.2) is 0 Å². The van der Waals surface area contributed by atoms with Crippen LogP contribution in [0.3, 0.4) is 0 Å². The van der Waals surface area contributed by atoms with E-state index in [1.807, 2.05) is 24.3 Å². The average Bonchev–Trinajstić information content (AvgIpc) is 3.68. The summed E-state index contributed by atoms with van der Waals surface area (Å²) < 4.78 is 12.8. The van der Waals surface area contributed by atoms with Crippen molar-refractivity contribution in [3.05, 3.63) is 164 Å². The Balaban J connectivity index is 1.29. The summed E-state index contributed by atoms with van der Waals surface area (Å²) in [6, 6.07) is 57.3. The van der Waals surface area contributed by atoms with Gasteiger partial charge in [0.2, 0.25) is 0 Å². The minimum atomic E-state index is 0.862. The molecule has 0 saturated carbocycles. The van der Waals surface area contributed by atoms with E-state index >= 15 is 0 Å². The summed E-state index contributed by atoms with van der Waals surface area (Å²) in [5.41, 5.74) is 11.2. The van der Waals surface area contributed by atoms with Crippen molar-refractivity contribution in [1.29, 1.82) is 0 Å². The van der Waals surface area contributed by atoms with Gasteiger partial charge in [0.05, 0.1) is 11.1 Å². The van der Waals surface area contributed by atoms with Crippen molar-refractivity contribution in [3.63, 3.8) is 0 Å². The monoisotopic (exact) mass is 577 g/mol. The first-order chi connectivity index (χ1) is 22.3. The van der Waals surface area contributed by atoms with Gasteiger partial charge in [-0.1, -0.05) is 115 Å². The van der Waals surface area contributed by atoms with Crippen molar-refractivity contribution in [1.82, 2.24) is 0 Å². The molecule has 0 bridgehead atoms. The second-order valence-electron chi connectivity index (χ2n) is 11.3. The van der Waals surface area contributed by atoms with Crippen LogP contribution < -0.4 is 4.90 Å². The molecule has 212 valence electrons. The van der Waals surface area contributed by atoms with Crippen LogP contribution >= 0.6 is 0 Å². The summed E-state index contributed by atoms with van der Waals surface area (Å²) in [4.78, 5) is 2.35. The van der Waals surface area contributed by atoms with Crippen molar-refractivity contribution >= 4 is 60.9 Å². The number of benzene rings is 7. The van der Waals surface area contributed by atoms with Crippen molar-refractivity contribution < 1.29 is 8.83 Å². The Labute approximate surface area is 260 Å². The zero-order chi connectivity index (χ0) is 29.7. The molecule has 0 aliphatic heterocycles. The Bertz CT molecular complexity index is 2500. The molecule has 0 saturated heterocycles. The molecule has 0 aliphatic rings. The van der Waals surface area contributed by atoms with Crippen LogP contribution in [-0.4, -0.2) is 0 Å². The molecule has 3 nitrogen and oxygen atoms in total. The highest BCUT2D eigenvalue weighted by molar-refractivity contribution is 6.14. The smallest absolute Gasteiger partial charge is 0.143 e. The molecule has 0 unspecified atom stereocenters. The van der Waals surface area contributed by atoms with Gasteiger partial charge in [-0.15, -0.1) is 0 Å². The highest BCUT2D eigenvalue weighted by atomic mass is 16.3. The summed E-state index contributed by atoms with van der Waals surface area (Å²) in [6.45, 7) is 0. The number of hydrogen-bond acceptors (Lipinski definition) is 3. The lowest BCUT2D eigenvalue weighted by Crippen LogP contribution is -2.10. The quantitative estimate of drug-likeness (QED) is 0.204. The summed E-state index contributed by atoms with van der Waals surface area (Å²) in [5.74, 6) is 0. The zero-order valence-electron chi connectivity index (χ0n) is 24.4. The van der Waals surface area contributed by atoms with Crippen molar-refractivity contribution in [2.24, 2.45) is 0 Å². The summed E-state index contributed by atoms with van der Waals surface area (Å²) in [6.07, 6.45) is 0. The van der Waals surface area contributed by atoms with E-state index in [2.05, 4.69) is 144 Å². The number of hydrogen-bond donors (Lipinski definition) is 0. The van der Waals surface area contributed by atoms with E-state index in [1.54, 1.807) is 0 Å². The van der Waals surface area contributed by atoms with Gasteiger partial charge in [0.15, 0.2) is 0 Å². The van der Waals surface area contributed by atoms with Crippen molar-refractivity contribution in [2.75, 3.05) is 4.90 Å². The fraction of sp³-hybridized carbons (Fsp3) is 0. The molecule has 0 atom stereocenters. The lowest BCUT2D eigenvalue weighted by atomic mass is 10.0. The predicted octanol–water partition coefficient (Wildman–Crippen LogP) is 12.3. The number of nitrogens with zero attached hydrogens (tertiary/aromatic N) is 1. The van der Waals surface area contributed by atoms with Gasteiger partial charge >= 0.3 is 0 Å². The van der Waals surface area contributed by atoms with Crippen molar-refractivity contribution in [3.8, 4) is 22.3 Å². The number of furan rings is 2. The van der Waals surface area contributed by atoms with Crippen LogP contribution in [0.25, 0.3) is 66.1 Å². The molecule has 3 heteroatoms. The molecule has 2 heterocycles. The first-order valence-corrected chi connectivity index (χ1v) is 15.2. The Kier molecular flexibility index (Phi) is 5.82. The maximum atomic E-state index is 6.44. The van der Waals surface area contributed by atoms with E-state index in [0.717, 1.165) is 77.6 Å². The fourth-order valence-electron chi connectivity index (χ4n) is 6.61. The van der Waals surface area contributed by atoms with Gasteiger partial charge in [-0.2, -0.15) is 0 Å². The van der Waals surface area contributed by atoms with Gasteiger partial charge < -0.3 is 13.7 Å². The Morgan fingerprint density at radius 3 is 1.78 bits per heavy atom. The minimum absolute atomic E-state index is 0.862. The molecule has 0 aliphatic carbocycles. The topological polar surface area (TPSA) is 29.5 Å². The van der Waals surface area contributed by atoms with Gasteiger partial charge in [0, 0.05) is 33.1 Å². The third-order valence-electron chi connectivity index (χ3n) is 8.65. The molecule has 0 spiro atoms.